The Balaban J connectivity index is 2.03. The SMILES string of the molecule is Cc1c(C2C(C#N)=C(N)N(N(C)C)C3=C2C(=O)CC(C)(C)C3)sc2ccccc12. The zero-order valence-corrected chi connectivity index (χ0v) is 18.4. The maximum atomic E-state index is 13.4. The van der Waals surface area contributed by atoms with Crippen LogP contribution in [0.1, 0.15) is 43.0 Å². The van der Waals surface area contributed by atoms with Gasteiger partial charge in [-0.05, 0) is 35.8 Å². The van der Waals surface area contributed by atoms with E-state index in [0.717, 1.165) is 32.8 Å². The lowest BCUT2D eigenvalue weighted by atomic mass is 9.70. The van der Waals surface area contributed by atoms with Gasteiger partial charge in [0.25, 0.3) is 0 Å². The van der Waals surface area contributed by atoms with E-state index in [-0.39, 0.29) is 11.2 Å². The van der Waals surface area contributed by atoms with Crippen molar-refractivity contribution in [3.05, 3.63) is 57.4 Å². The Hall–Kier alpha value is -2.62. The highest BCUT2D eigenvalue weighted by Crippen LogP contribution is 2.51. The molecule has 0 spiro atoms. The number of rotatable bonds is 2. The Kier molecular flexibility index (Phi) is 4.56. The van der Waals surface area contributed by atoms with Crippen molar-refractivity contribution >= 4 is 27.2 Å². The lowest BCUT2D eigenvalue weighted by molar-refractivity contribution is -0.119. The highest BCUT2D eigenvalue weighted by Gasteiger charge is 2.45. The van der Waals surface area contributed by atoms with Crippen molar-refractivity contribution < 1.29 is 4.79 Å². The summed E-state index contributed by atoms with van der Waals surface area (Å²) in [5.74, 6) is 0.140. The van der Waals surface area contributed by atoms with Crippen LogP contribution in [0.3, 0.4) is 0 Å². The van der Waals surface area contributed by atoms with Crippen LogP contribution in [0.4, 0.5) is 0 Å². The van der Waals surface area contributed by atoms with E-state index in [9.17, 15) is 10.1 Å². The number of nitrogens with zero attached hydrogens (tertiary/aromatic N) is 3. The summed E-state index contributed by atoms with van der Waals surface area (Å²) in [6, 6.07) is 10.6. The predicted molar refractivity (Wildman–Crippen MR) is 117 cm³/mol. The van der Waals surface area contributed by atoms with Crippen molar-refractivity contribution in [1.29, 1.82) is 5.26 Å². The minimum Gasteiger partial charge on any atom is -0.383 e. The second-order valence-electron chi connectivity index (χ2n) is 8.89. The van der Waals surface area contributed by atoms with Crippen LogP contribution >= 0.6 is 11.3 Å². The highest BCUT2D eigenvalue weighted by molar-refractivity contribution is 7.19. The quantitative estimate of drug-likeness (QED) is 0.799. The van der Waals surface area contributed by atoms with Gasteiger partial charge in [-0.2, -0.15) is 5.26 Å². The molecular formula is C23H26N4OS. The molecule has 0 saturated heterocycles. The van der Waals surface area contributed by atoms with Crippen LogP contribution in [0.2, 0.25) is 0 Å². The van der Waals surface area contributed by atoms with Crippen molar-refractivity contribution in [2.24, 2.45) is 11.1 Å². The predicted octanol–water partition coefficient (Wildman–Crippen LogP) is 4.42. The number of nitrogens with two attached hydrogens (primary N) is 1. The summed E-state index contributed by atoms with van der Waals surface area (Å²) >= 11 is 1.66. The molecule has 1 atom stereocenters. The Bertz CT molecular complexity index is 1130. The number of hydrogen-bond acceptors (Lipinski definition) is 6. The number of carbonyl (C=O) groups excluding carboxylic acids is 1. The molecule has 1 aromatic carbocycles. The van der Waals surface area contributed by atoms with Crippen molar-refractivity contribution in [1.82, 2.24) is 10.0 Å². The first-order chi connectivity index (χ1) is 13.7. The summed E-state index contributed by atoms with van der Waals surface area (Å²) in [6.07, 6.45) is 1.22. The van der Waals surface area contributed by atoms with E-state index in [1.54, 1.807) is 11.3 Å². The average Bonchev–Trinajstić information content (AvgIpc) is 2.96. The third-order valence-corrected chi connectivity index (χ3v) is 7.23. The Morgan fingerprint density at radius 1 is 1.28 bits per heavy atom. The first kappa shape index (κ1) is 19.7. The fourth-order valence-electron chi connectivity index (χ4n) is 4.68. The van der Waals surface area contributed by atoms with Gasteiger partial charge in [0.05, 0.1) is 17.6 Å². The minimum atomic E-state index is -0.396. The summed E-state index contributed by atoms with van der Waals surface area (Å²) in [5.41, 5.74) is 9.65. The lowest BCUT2D eigenvalue weighted by Gasteiger charge is -2.45. The topological polar surface area (TPSA) is 73.4 Å². The molecule has 0 radical (unpaired) electrons. The molecule has 1 aromatic heterocycles. The number of allylic oxidation sites excluding steroid dienone is 3. The standard InChI is InChI=1S/C23H26N4OS/c1-13-14-8-6-7-9-18(14)29-21(13)19-15(12-24)22(25)27(26(4)5)16-10-23(2,3)11-17(28)20(16)19/h6-9,19H,10-11,25H2,1-5H3. The summed E-state index contributed by atoms with van der Waals surface area (Å²) in [7, 11) is 3.78. The molecule has 2 heterocycles. The van der Waals surface area contributed by atoms with Crippen molar-refractivity contribution in [3.63, 3.8) is 0 Å². The van der Waals surface area contributed by atoms with Crippen LogP contribution in [0.25, 0.3) is 10.1 Å². The smallest absolute Gasteiger partial charge is 0.162 e. The van der Waals surface area contributed by atoms with Gasteiger partial charge in [-0.3, -0.25) is 9.80 Å². The number of aryl methyl sites for hydroxylation is 1. The third-order valence-electron chi connectivity index (χ3n) is 5.90. The van der Waals surface area contributed by atoms with Crippen LogP contribution in [-0.4, -0.2) is 29.9 Å². The zero-order chi connectivity index (χ0) is 21.1. The molecule has 1 unspecified atom stereocenters. The van der Waals surface area contributed by atoms with Crippen molar-refractivity contribution in [2.45, 2.75) is 39.5 Å². The fraction of sp³-hybridized carbons (Fsp3) is 0.391. The summed E-state index contributed by atoms with van der Waals surface area (Å²) < 4.78 is 1.16. The number of Topliss-reactive ketones (excluding diaryl/α,β-unsaturated/α-hetero) is 1. The van der Waals surface area contributed by atoms with E-state index in [4.69, 9.17) is 5.73 Å². The van der Waals surface area contributed by atoms with E-state index < -0.39 is 5.92 Å². The number of nitriles is 1. The zero-order valence-electron chi connectivity index (χ0n) is 17.5. The Morgan fingerprint density at radius 2 is 1.97 bits per heavy atom. The van der Waals surface area contributed by atoms with E-state index in [2.05, 4.69) is 39.0 Å². The number of hydrazine groups is 1. The van der Waals surface area contributed by atoms with Gasteiger partial charge in [0.15, 0.2) is 5.78 Å². The average molecular weight is 407 g/mol. The van der Waals surface area contributed by atoms with Gasteiger partial charge in [0, 0.05) is 41.4 Å². The molecule has 0 amide bonds. The number of fused-ring (bicyclic) bond motifs is 1. The molecule has 4 rings (SSSR count). The summed E-state index contributed by atoms with van der Waals surface area (Å²) in [6.45, 7) is 6.30. The molecule has 150 valence electrons. The van der Waals surface area contributed by atoms with Gasteiger partial charge < -0.3 is 5.73 Å². The maximum Gasteiger partial charge on any atom is 0.162 e. The first-order valence-electron chi connectivity index (χ1n) is 9.77. The molecule has 1 aliphatic heterocycles. The molecule has 2 N–H and O–H groups in total. The van der Waals surface area contributed by atoms with E-state index in [1.165, 1.54) is 5.39 Å². The number of benzene rings is 1. The van der Waals surface area contributed by atoms with E-state index in [0.29, 0.717) is 17.8 Å². The molecule has 2 aliphatic rings. The molecule has 1 aliphatic carbocycles. The number of ketones is 1. The number of carbonyl (C=O) groups is 1. The van der Waals surface area contributed by atoms with Crippen molar-refractivity contribution in [2.75, 3.05) is 14.1 Å². The molecular weight excluding hydrogens is 380 g/mol. The van der Waals surface area contributed by atoms with Crippen LogP contribution < -0.4 is 5.73 Å². The second-order valence-corrected chi connectivity index (χ2v) is 9.98. The molecule has 0 fully saturated rings. The van der Waals surface area contributed by atoms with Crippen molar-refractivity contribution in [3.8, 4) is 6.07 Å². The molecule has 0 bridgehead atoms. The fourth-order valence-corrected chi connectivity index (χ4v) is 6.01. The molecule has 2 aromatic rings. The highest BCUT2D eigenvalue weighted by atomic mass is 32.1. The van der Waals surface area contributed by atoms with Crippen LogP contribution in [0, 0.1) is 23.7 Å². The summed E-state index contributed by atoms with van der Waals surface area (Å²) in [4.78, 5) is 14.5. The minimum absolute atomic E-state index is 0.116. The monoisotopic (exact) mass is 406 g/mol. The molecule has 29 heavy (non-hydrogen) atoms. The molecule has 5 nitrogen and oxygen atoms in total. The normalized spacial score (nSPS) is 21.8. The van der Waals surface area contributed by atoms with Gasteiger partial charge in [-0.1, -0.05) is 32.0 Å². The first-order valence-corrected chi connectivity index (χ1v) is 10.6. The largest absolute Gasteiger partial charge is 0.383 e. The van der Waals surface area contributed by atoms with Gasteiger partial charge in [-0.25, -0.2) is 5.01 Å². The van der Waals surface area contributed by atoms with E-state index >= 15 is 0 Å². The Morgan fingerprint density at radius 3 is 2.59 bits per heavy atom. The van der Waals surface area contributed by atoms with E-state index in [1.807, 2.05) is 36.2 Å². The third kappa shape index (κ3) is 2.97. The summed E-state index contributed by atoms with van der Waals surface area (Å²) in [5, 5.41) is 15.0. The number of thiophene rings is 1. The van der Waals surface area contributed by atoms with Crippen LogP contribution in [-0.2, 0) is 4.79 Å². The van der Waals surface area contributed by atoms with Gasteiger partial charge in [-0.15, -0.1) is 11.3 Å². The maximum absolute atomic E-state index is 13.4. The van der Waals surface area contributed by atoms with Gasteiger partial charge in [0.2, 0.25) is 0 Å². The van der Waals surface area contributed by atoms with Gasteiger partial charge in [0.1, 0.15) is 5.82 Å². The Labute approximate surface area is 175 Å². The van der Waals surface area contributed by atoms with Crippen LogP contribution in [0.15, 0.2) is 46.9 Å². The lowest BCUT2D eigenvalue weighted by Crippen LogP contribution is -2.47. The molecule has 0 saturated carbocycles. The van der Waals surface area contributed by atoms with Gasteiger partial charge >= 0.3 is 0 Å². The second kappa shape index (κ2) is 6.72. The molecule has 6 heteroatoms. The van der Waals surface area contributed by atoms with Crippen LogP contribution in [0.5, 0.6) is 0 Å². The number of hydrogen-bond donors (Lipinski definition) is 1.